The number of sulfonamides is 1. The minimum atomic E-state index is -3.02. The molecule has 5 heteroatoms. The highest BCUT2D eigenvalue weighted by Gasteiger charge is 2.46. The highest BCUT2D eigenvalue weighted by atomic mass is 32.2. The molecule has 2 heterocycles. The second-order valence-electron chi connectivity index (χ2n) is 7.50. The lowest BCUT2D eigenvalue weighted by atomic mass is 9.77. The fraction of sp³-hybridized carbons (Fsp3) is 1.00. The van der Waals surface area contributed by atoms with E-state index in [4.69, 9.17) is 0 Å². The Labute approximate surface area is 129 Å². The smallest absolute Gasteiger partial charge is 0.211 e. The first-order valence-electron chi connectivity index (χ1n) is 8.70. The summed E-state index contributed by atoms with van der Waals surface area (Å²) in [6.07, 6.45) is 12.8. The molecule has 2 saturated heterocycles. The van der Waals surface area contributed by atoms with Crippen molar-refractivity contribution in [3.05, 3.63) is 0 Å². The van der Waals surface area contributed by atoms with E-state index in [0.717, 1.165) is 32.0 Å². The predicted octanol–water partition coefficient (Wildman–Crippen LogP) is 2.36. The molecule has 122 valence electrons. The topological polar surface area (TPSA) is 49.4 Å². The van der Waals surface area contributed by atoms with E-state index in [0.29, 0.717) is 11.5 Å². The number of nitrogens with one attached hydrogen (secondary N) is 1. The van der Waals surface area contributed by atoms with E-state index in [1.807, 2.05) is 0 Å². The molecule has 1 aliphatic carbocycles. The van der Waals surface area contributed by atoms with Gasteiger partial charge < -0.3 is 5.32 Å². The zero-order valence-electron chi connectivity index (χ0n) is 13.3. The molecule has 3 aliphatic rings. The highest BCUT2D eigenvalue weighted by Crippen LogP contribution is 2.47. The monoisotopic (exact) mass is 314 g/mol. The first-order chi connectivity index (χ1) is 10.00. The van der Waals surface area contributed by atoms with Crippen LogP contribution in [0.15, 0.2) is 0 Å². The third-order valence-electron chi connectivity index (χ3n) is 5.74. The Morgan fingerprint density at radius 2 is 1.95 bits per heavy atom. The lowest BCUT2D eigenvalue weighted by Crippen LogP contribution is -2.50. The largest absolute Gasteiger partial charge is 0.311 e. The van der Waals surface area contributed by atoms with E-state index in [1.54, 1.807) is 4.31 Å². The number of hydrogen-bond donors (Lipinski definition) is 1. The summed E-state index contributed by atoms with van der Waals surface area (Å²) in [6, 6.07) is 0. The van der Waals surface area contributed by atoms with Crippen LogP contribution in [-0.2, 0) is 10.0 Å². The number of nitrogens with zero attached hydrogens (tertiary/aromatic N) is 1. The van der Waals surface area contributed by atoms with Crippen LogP contribution in [0.2, 0.25) is 0 Å². The average molecular weight is 314 g/mol. The zero-order chi connectivity index (χ0) is 14.9. The van der Waals surface area contributed by atoms with Crippen molar-refractivity contribution in [1.29, 1.82) is 0 Å². The second kappa shape index (κ2) is 6.17. The average Bonchev–Trinajstić information content (AvgIpc) is 3.25. The highest BCUT2D eigenvalue weighted by molar-refractivity contribution is 7.88. The van der Waals surface area contributed by atoms with Crippen molar-refractivity contribution in [2.45, 2.75) is 63.3 Å². The van der Waals surface area contributed by atoms with Crippen molar-refractivity contribution >= 4 is 10.0 Å². The Bertz CT molecular complexity index is 451. The molecule has 0 aromatic carbocycles. The molecular formula is C16H30N2O2S. The van der Waals surface area contributed by atoms with E-state index >= 15 is 0 Å². The van der Waals surface area contributed by atoms with Crippen LogP contribution >= 0.6 is 0 Å². The molecule has 3 fully saturated rings. The summed E-state index contributed by atoms with van der Waals surface area (Å²) in [5, 5.41) is 3.89. The molecule has 1 N–H and O–H groups in total. The summed E-state index contributed by atoms with van der Waals surface area (Å²) < 4.78 is 25.3. The quantitative estimate of drug-likeness (QED) is 0.866. The molecule has 0 bridgehead atoms. The van der Waals surface area contributed by atoms with Crippen molar-refractivity contribution in [3.8, 4) is 0 Å². The van der Waals surface area contributed by atoms with Crippen LogP contribution in [-0.4, -0.2) is 44.2 Å². The summed E-state index contributed by atoms with van der Waals surface area (Å²) in [4.78, 5) is 0. The molecule has 0 radical (unpaired) electrons. The third kappa shape index (κ3) is 3.80. The molecule has 0 aromatic heterocycles. The molecule has 2 unspecified atom stereocenters. The van der Waals surface area contributed by atoms with Crippen molar-refractivity contribution in [2.75, 3.05) is 25.9 Å². The molecule has 1 saturated carbocycles. The van der Waals surface area contributed by atoms with Gasteiger partial charge in [0.15, 0.2) is 0 Å². The van der Waals surface area contributed by atoms with Crippen LogP contribution in [0.4, 0.5) is 0 Å². The first-order valence-corrected chi connectivity index (χ1v) is 10.5. The Morgan fingerprint density at radius 3 is 2.67 bits per heavy atom. The minimum absolute atomic E-state index is 0.321. The van der Waals surface area contributed by atoms with E-state index in [1.165, 1.54) is 57.6 Å². The van der Waals surface area contributed by atoms with Crippen LogP contribution in [0, 0.1) is 11.8 Å². The number of piperidine rings is 1. The van der Waals surface area contributed by atoms with Gasteiger partial charge in [0.05, 0.1) is 6.26 Å². The third-order valence-corrected chi connectivity index (χ3v) is 7.01. The summed E-state index contributed by atoms with van der Waals surface area (Å²) in [5.74, 6) is 1.39. The first kappa shape index (κ1) is 15.8. The standard InChI is InChI=1S/C16H30N2O2S/c1-21(19,20)18-11-5-6-14(13-18)12-16(15-7-8-15)9-3-2-4-10-17-16/h14-15,17H,2-13H2,1H3. The van der Waals surface area contributed by atoms with E-state index in [-0.39, 0.29) is 0 Å². The molecule has 3 rings (SSSR count). The Kier molecular flexibility index (Phi) is 4.63. The van der Waals surface area contributed by atoms with Gasteiger partial charge in [-0.05, 0) is 63.3 Å². The maximum Gasteiger partial charge on any atom is 0.211 e. The predicted molar refractivity (Wildman–Crippen MR) is 85.7 cm³/mol. The van der Waals surface area contributed by atoms with Gasteiger partial charge in [0, 0.05) is 18.6 Å². The number of hydrogen-bond acceptors (Lipinski definition) is 3. The maximum atomic E-state index is 11.8. The zero-order valence-corrected chi connectivity index (χ0v) is 14.1. The number of rotatable bonds is 4. The molecular weight excluding hydrogens is 284 g/mol. The fourth-order valence-electron chi connectivity index (χ4n) is 4.50. The van der Waals surface area contributed by atoms with Gasteiger partial charge in [0.1, 0.15) is 0 Å². The van der Waals surface area contributed by atoms with Gasteiger partial charge in [0.25, 0.3) is 0 Å². The van der Waals surface area contributed by atoms with Gasteiger partial charge in [-0.2, -0.15) is 0 Å². The minimum Gasteiger partial charge on any atom is -0.311 e. The molecule has 0 spiro atoms. The Morgan fingerprint density at radius 1 is 1.14 bits per heavy atom. The van der Waals surface area contributed by atoms with E-state index in [2.05, 4.69) is 5.32 Å². The van der Waals surface area contributed by atoms with Crippen LogP contribution in [0.3, 0.4) is 0 Å². The summed E-state index contributed by atoms with van der Waals surface area (Å²) >= 11 is 0. The van der Waals surface area contributed by atoms with Gasteiger partial charge in [0.2, 0.25) is 10.0 Å². The van der Waals surface area contributed by atoms with Crippen LogP contribution in [0.1, 0.15) is 57.8 Å². The van der Waals surface area contributed by atoms with Crippen LogP contribution in [0.5, 0.6) is 0 Å². The van der Waals surface area contributed by atoms with Gasteiger partial charge >= 0.3 is 0 Å². The molecule has 4 nitrogen and oxygen atoms in total. The molecule has 2 aliphatic heterocycles. The van der Waals surface area contributed by atoms with Gasteiger partial charge in [-0.25, -0.2) is 12.7 Å². The maximum absolute atomic E-state index is 11.8. The molecule has 0 amide bonds. The van der Waals surface area contributed by atoms with Crippen molar-refractivity contribution < 1.29 is 8.42 Å². The molecule has 2 atom stereocenters. The summed E-state index contributed by atoms with van der Waals surface area (Å²) in [7, 11) is -3.02. The second-order valence-corrected chi connectivity index (χ2v) is 9.48. The molecule has 0 aromatic rings. The van der Waals surface area contributed by atoms with Crippen molar-refractivity contribution in [2.24, 2.45) is 11.8 Å². The van der Waals surface area contributed by atoms with E-state index in [9.17, 15) is 8.42 Å². The van der Waals surface area contributed by atoms with Gasteiger partial charge in [-0.1, -0.05) is 12.8 Å². The van der Waals surface area contributed by atoms with Gasteiger partial charge in [-0.3, -0.25) is 0 Å². The fourth-order valence-corrected chi connectivity index (χ4v) is 5.45. The van der Waals surface area contributed by atoms with Crippen molar-refractivity contribution in [1.82, 2.24) is 9.62 Å². The van der Waals surface area contributed by atoms with Gasteiger partial charge in [-0.15, -0.1) is 0 Å². The Balaban J connectivity index is 1.68. The summed E-state index contributed by atoms with van der Waals surface area (Å²) in [6.45, 7) is 2.62. The SMILES string of the molecule is CS(=O)(=O)N1CCCC(CC2(C3CC3)CCCCCN2)C1. The lowest BCUT2D eigenvalue weighted by Gasteiger charge is -2.40. The Hall–Kier alpha value is -0.130. The molecule has 21 heavy (non-hydrogen) atoms. The summed E-state index contributed by atoms with van der Waals surface area (Å²) in [5.41, 5.74) is 0.321. The van der Waals surface area contributed by atoms with Crippen LogP contribution in [0.25, 0.3) is 0 Å². The van der Waals surface area contributed by atoms with E-state index < -0.39 is 10.0 Å². The van der Waals surface area contributed by atoms with Crippen molar-refractivity contribution in [3.63, 3.8) is 0 Å². The lowest BCUT2D eigenvalue weighted by molar-refractivity contribution is 0.166. The normalized spacial score (nSPS) is 36.3. The van der Waals surface area contributed by atoms with Crippen LogP contribution < -0.4 is 5.32 Å².